The first kappa shape index (κ1) is 14.0. The minimum atomic E-state index is 0.608. The molecule has 0 radical (unpaired) electrons. The molecule has 2 aromatic rings. The molecular formula is C17H23N3O. The number of benzene rings is 1. The summed E-state index contributed by atoms with van der Waals surface area (Å²) in [5.74, 6) is 3.43. The highest BCUT2D eigenvalue weighted by Gasteiger charge is 2.30. The predicted molar refractivity (Wildman–Crippen MR) is 85.5 cm³/mol. The number of nitrogens with zero attached hydrogens (tertiary/aromatic N) is 2. The summed E-state index contributed by atoms with van der Waals surface area (Å²) in [6.07, 6.45) is 4.79. The van der Waals surface area contributed by atoms with Crippen LogP contribution in [0.3, 0.4) is 0 Å². The maximum atomic E-state index is 6.38. The van der Waals surface area contributed by atoms with Crippen LogP contribution in [0.1, 0.15) is 44.3 Å². The van der Waals surface area contributed by atoms with Crippen LogP contribution in [0.5, 0.6) is 5.75 Å². The summed E-state index contributed by atoms with van der Waals surface area (Å²) in [5.41, 5.74) is 8.36. The van der Waals surface area contributed by atoms with E-state index in [-0.39, 0.29) is 0 Å². The summed E-state index contributed by atoms with van der Waals surface area (Å²) in [6, 6.07) is 7.96. The van der Waals surface area contributed by atoms with E-state index < -0.39 is 0 Å². The Morgan fingerprint density at radius 2 is 2.00 bits per heavy atom. The number of nitrogens with two attached hydrogens (primary N) is 1. The minimum absolute atomic E-state index is 0.608. The van der Waals surface area contributed by atoms with Crippen LogP contribution in [0.25, 0.3) is 11.3 Å². The lowest BCUT2D eigenvalue weighted by Crippen LogP contribution is -2.06. The Bertz CT molecular complexity index is 612. The van der Waals surface area contributed by atoms with Crippen LogP contribution in [0.15, 0.2) is 24.3 Å². The maximum absolute atomic E-state index is 6.38. The highest BCUT2D eigenvalue weighted by Crippen LogP contribution is 2.42. The number of imidazole rings is 1. The van der Waals surface area contributed by atoms with Crippen molar-refractivity contribution in [1.82, 2.24) is 9.55 Å². The first-order valence-electron chi connectivity index (χ1n) is 7.75. The van der Waals surface area contributed by atoms with Crippen LogP contribution in [0, 0.1) is 0 Å². The minimum Gasteiger partial charge on any atom is -0.497 e. The van der Waals surface area contributed by atoms with Gasteiger partial charge < -0.3 is 15.0 Å². The molecule has 21 heavy (non-hydrogen) atoms. The van der Waals surface area contributed by atoms with Gasteiger partial charge in [0.25, 0.3) is 0 Å². The molecule has 4 nitrogen and oxygen atoms in total. The van der Waals surface area contributed by atoms with E-state index in [1.807, 2.05) is 24.3 Å². The molecule has 0 bridgehead atoms. The fourth-order valence-corrected chi connectivity index (χ4v) is 2.65. The lowest BCUT2D eigenvalue weighted by atomic mass is 10.1. The van der Waals surface area contributed by atoms with Gasteiger partial charge in [-0.3, -0.25) is 0 Å². The molecule has 2 N–H and O–H groups in total. The molecule has 1 aromatic carbocycles. The summed E-state index contributed by atoms with van der Waals surface area (Å²) in [7, 11) is 1.67. The van der Waals surface area contributed by atoms with Crippen LogP contribution in [-0.2, 0) is 6.54 Å². The van der Waals surface area contributed by atoms with Gasteiger partial charge in [0, 0.05) is 18.0 Å². The number of rotatable bonds is 6. The lowest BCUT2D eigenvalue weighted by molar-refractivity contribution is 0.415. The zero-order valence-corrected chi connectivity index (χ0v) is 12.8. The molecule has 0 spiro atoms. The molecule has 4 heteroatoms. The SMILES string of the molecule is CCCCn1c(C2CC2)nc(-c2ccc(OC)cc2)c1N. The summed E-state index contributed by atoms with van der Waals surface area (Å²) in [5, 5.41) is 0. The topological polar surface area (TPSA) is 53.1 Å². The van der Waals surface area contributed by atoms with E-state index >= 15 is 0 Å². The molecule has 1 saturated carbocycles. The number of ether oxygens (including phenoxy) is 1. The second-order valence-corrected chi connectivity index (χ2v) is 5.71. The van der Waals surface area contributed by atoms with Gasteiger partial charge in [-0.1, -0.05) is 13.3 Å². The van der Waals surface area contributed by atoms with Crippen LogP contribution in [0.2, 0.25) is 0 Å². The predicted octanol–water partition coefficient (Wildman–Crippen LogP) is 3.82. The molecule has 3 rings (SSSR count). The largest absolute Gasteiger partial charge is 0.497 e. The van der Waals surface area contributed by atoms with Crippen molar-refractivity contribution in [2.45, 2.75) is 45.1 Å². The van der Waals surface area contributed by atoms with E-state index in [0.717, 1.165) is 35.8 Å². The van der Waals surface area contributed by atoms with E-state index in [1.54, 1.807) is 7.11 Å². The highest BCUT2D eigenvalue weighted by atomic mass is 16.5. The van der Waals surface area contributed by atoms with Crippen molar-refractivity contribution in [2.75, 3.05) is 12.8 Å². The quantitative estimate of drug-likeness (QED) is 0.878. The third-order valence-electron chi connectivity index (χ3n) is 4.08. The van der Waals surface area contributed by atoms with Gasteiger partial charge in [0.1, 0.15) is 23.1 Å². The third kappa shape index (κ3) is 2.75. The average Bonchev–Trinajstić information content (AvgIpc) is 3.30. The summed E-state index contributed by atoms with van der Waals surface area (Å²) in [6.45, 7) is 3.17. The van der Waals surface area contributed by atoms with E-state index in [4.69, 9.17) is 15.5 Å². The van der Waals surface area contributed by atoms with Gasteiger partial charge in [0.05, 0.1) is 7.11 Å². The molecule has 1 heterocycles. The number of methoxy groups -OCH3 is 1. The molecule has 0 unspecified atom stereocenters. The van der Waals surface area contributed by atoms with Crippen LogP contribution < -0.4 is 10.5 Å². The summed E-state index contributed by atoms with van der Waals surface area (Å²) in [4.78, 5) is 4.85. The third-order valence-corrected chi connectivity index (χ3v) is 4.08. The molecule has 0 aliphatic heterocycles. The van der Waals surface area contributed by atoms with Gasteiger partial charge in [0.15, 0.2) is 0 Å². The molecule has 112 valence electrons. The first-order valence-corrected chi connectivity index (χ1v) is 7.75. The normalized spacial score (nSPS) is 14.4. The number of hydrogen-bond donors (Lipinski definition) is 1. The van der Waals surface area contributed by atoms with Crippen LogP contribution in [-0.4, -0.2) is 16.7 Å². The number of aromatic nitrogens is 2. The zero-order valence-electron chi connectivity index (χ0n) is 12.8. The van der Waals surface area contributed by atoms with Gasteiger partial charge in [0.2, 0.25) is 0 Å². The van der Waals surface area contributed by atoms with Crippen molar-refractivity contribution in [3.05, 3.63) is 30.1 Å². The standard InChI is InChI=1S/C17H23N3O/c1-3-4-11-20-16(18)15(19-17(20)13-5-6-13)12-7-9-14(21-2)10-8-12/h7-10,13H,3-6,11,18H2,1-2H3. The van der Waals surface area contributed by atoms with Crippen LogP contribution in [0.4, 0.5) is 5.82 Å². The van der Waals surface area contributed by atoms with Crippen LogP contribution >= 0.6 is 0 Å². The van der Waals surface area contributed by atoms with Gasteiger partial charge in [-0.05, 0) is 43.5 Å². The molecule has 0 saturated heterocycles. The molecule has 1 aliphatic rings. The van der Waals surface area contributed by atoms with Gasteiger partial charge >= 0.3 is 0 Å². The average molecular weight is 285 g/mol. The highest BCUT2D eigenvalue weighted by molar-refractivity contribution is 5.71. The number of nitrogen functional groups attached to an aromatic ring is 1. The maximum Gasteiger partial charge on any atom is 0.131 e. The molecule has 1 aliphatic carbocycles. The Morgan fingerprint density at radius 1 is 1.29 bits per heavy atom. The molecule has 0 atom stereocenters. The second-order valence-electron chi connectivity index (χ2n) is 5.71. The van der Waals surface area contributed by atoms with Crippen molar-refractivity contribution in [3.63, 3.8) is 0 Å². The van der Waals surface area contributed by atoms with Crippen molar-refractivity contribution in [3.8, 4) is 17.0 Å². The van der Waals surface area contributed by atoms with Crippen molar-refractivity contribution >= 4 is 5.82 Å². The monoisotopic (exact) mass is 285 g/mol. The Balaban J connectivity index is 1.97. The van der Waals surface area contributed by atoms with Crippen molar-refractivity contribution < 1.29 is 4.74 Å². The van der Waals surface area contributed by atoms with Crippen molar-refractivity contribution in [1.29, 1.82) is 0 Å². The van der Waals surface area contributed by atoms with Gasteiger partial charge in [-0.15, -0.1) is 0 Å². The molecule has 1 fully saturated rings. The smallest absolute Gasteiger partial charge is 0.131 e. The van der Waals surface area contributed by atoms with E-state index in [1.165, 1.54) is 25.1 Å². The Hall–Kier alpha value is -1.97. The summed E-state index contributed by atoms with van der Waals surface area (Å²) >= 11 is 0. The Morgan fingerprint density at radius 3 is 2.57 bits per heavy atom. The zero-order chi connectivity index (χ0) is 14.8. The fourth-order valence-electron chi connectivity index (χ4n) is 2.65. The van der Waals surface area contributed by atoms with Gasteiger partial charge in [-0.2, -0.15) is 0 Å². The van der Waals surface area contributed by atoms with E-state index in [9.17, 15) is 0 Å². The van der Waals surface area contributed by atoms with E-state index in [0.29, 0.717) is 5.92 Å². The molecule has 1 aromatic heterocycles. The number of anilines is 1. The number of hydrogen-bond acceptors (Lipinski definition) is 3. The van der Waals surface area contributed by atoms with E-state index in [2.05, 4.69) is 11.5 Å². The second kappa shape index (κ2) is 5.80. The van der Waals surface area contributed by atoms with Crippen molar-refractivity contribution in [2.24, 2.45) is 0 Å². The number of unbranched alkanes of at least 4 members (excludes halogenated alkanes) is 1. The summed E-state index contributed by atoms with van der Waals surface area (Å²) < 4.78 is 7.43. The Labute approximate surface area is 125 Å². The molecular weight excluding hydrogens is 262 g/mol. The fraction of sp³-hybridized carbons (Fsp3) is 0.471. The lowest BCUT2D eigenvalue weighted by Gasteiger charge is -2.08. The Kier molecular flexibility index (Phi) is 3.86. The molecule has 0 amide bonds. The van der Waals surface area contributed by atoms with Gasteiger partial charge in [-0.25, -0.2) is 4.98 Å². The first-order chi connectivity index (χ1) is 10.2.